The van der Waals surface area contributed by atoms with Gasteiger partial charge in [-0.1, -0.05) is 19.9 Å². The number of sulfonamides is 1. The topological polar surface area (TPSA) is 125 Å². The van der Waals surface area contributed by atoms with E-state index in [1.54, 1.807) is 26.0 Å². The van der Waals surface area contributed by atoms with Crippen molar-refractivity contribution in [1.82, 2.24) is 14.9 Å². The summed E-state index contributed by atoms with van der Waals surface area (Å²) in [5.41, 5.74) is 0.350. The molecule has 1 aromatic rings. The van der Waals surface area contributed by atoms with E-state index in [1.807, 2.05) is 0 Å². The molecule has 142 valence electrons. The van der Waals surface area contributed by atoms with Gasteiger partial charge in [0, 0.05) is 25.2 Å². The summed E-state index contributed by atoms with van der Waals surface area (Å²) in [4.78, 5) is 34.6. The Balaban J connectivity index is 2.01. The quantitative estimate of drug-likeness (QED) is 0.569. The van der Waals surface area contributed by atoms with E-state index in [4.69, 9.17) is 0 Å². The second-order valence-electron chi connectivity index (χ2n) is 5.72. The number of urea groups is 1. The number of nitrogens with zero attached hydrogens (tertiary/aromatic N) is 1. The molecule has 1 atom stereocenters. The molecule has 9 nitrogen and oxygen atoms in total. The molecule has 0 spiro atoms. The number of benzene rings is 1. The first-order chi connectivity index (χ1) is 12.3. The minimum absolute atomic E-state index is 0.00535. The van der Waals surface area contributed by atoms with Crippen LogP contribution in [0.25, 0.3) is 0 Å². The fraction of sp³-hybridized carbons (Fsp3) is 0.438. The Morgan fingerprint density at radius 1 is 1.23 bits per heavy atom. The van der Waals surface area contributed by atoms with Crippen LogP contribution in [-0.4, -0.2) is 49.7 Å². The molecule has 0 aromatic heterocycles. The van der Waals surface area contributed by atoms with Gasteiger partial charge in [-0.05, 0) is 24.6 Å². The van der Waals surface area contributed by atoms with Gasteiger partial charge < -0.3 is 10.6 Å². The summed E-state index contributed by atoms with van der Waals surface area (Å²) >= 11 is 0. The van der Waals surface area contributed by atoms with Crippen LogP contribution in [0, 0.1) is 0 Å². The zero-order valence-electron chi connectivity index (χ0n) is 14.6. The summed E-state index contributed by atoms with van der Waals surface area (Å²) in [5.74, 6) is -0.841. The van der Waals surface area contributed by atoms with Crippen LogP contribution in [0.3, 0.4) is 0 Å². The van der Waals surface area contributed by atoms with Crippen LogP contribution in [0.2, 0.25) is 0 Å². The zero-order chi connectivity index (χ0) is 19.3. The van der Waals surface area contributed by atoms with E-state index >= 15 is 0 Å². The number of anilines is 1. The second-order valence-corrected chi connectivity index (χ2v) is 7.66. The van der Waals surface area contributed by atoms with Gasteiger partial charge in [0.25, 0.3) is 5.91 Å². The van der Waals surface area contributed by atoms with E-state index < -0.39 is 28.0 Å². The van der Waals surface area contributed by atoms with Crippen molar-refractivity contribution in [2.45, 2.75) is 37.6 Å². The molecule has 1 saturated heterocycles. The first kappa shape index (κ1) is 19.9. The number of imide groups is 1. The molecular weight excluding hydrogens is 360 g/mol. The molecule has 0 bridgehead atoms. The van der Waals surface area contributed by atoms with Crippen molar-refractivity contribution in [2.24, 2.45) is 0 Å². The van der Waals surface area contributed by atoms with E-state index in [1.165, 1.54) is 16.4 Å². The predicted octanol–water partition coefficient (Wildman–Crippen LogP) is 0.644. The maximum Gasteiger partial charge on any atom is 0.322 e. The Labute approximate surface area is 152 Å². The van der Waals surface area contributed by atoms with Crippen LogP contribution in [0.1, 0.15) is 26.7 Å². The first-order valence-corrected chi connectivity index (χ1v) is 9.73. The van der Waals surface area contributed by atoms with Gasteiger partial charge in [-0.15, -0.1) is 0 Å². The van der Waals surface area contributed by atoms with Crippen LogP contribution < -0.4 is 16.0 Å². The van der Waals surface area contributed by atoms with Crippen LogP contribution in [-0.2, 0) is 19.6 Å². The molecule has 3 N–H and O–H groups in total. The molecule has 26 heavy (non-hydrogen) atoms. The third-order valence-corrected chi connectivity index (χ3v) is 6.03. The van der Waals surface area contributed by atoms with Gasteiger partial charge in [-0.2, -0.15) is 4.31 Å². The lowest BCUT2D eigenvalue weighted by atomic mass is 10.1. The van der Waals surface area contributed by atoms with Gasteiger partial charge in [0.15, 0.2) is 0 Å². The highest BCUT2D eigenvalue weighted by molar-refractivity contribution is 7.89. The molecule has 0 saturated carbocycles. The molecule has 1 unspecified atom stereocenters. The van der Waals surface area contributed by atoms with Crippen molar-refractivity contribution in [3.05, 3.63) is 24.3 Å². The zero-order valence-corrected chi connectivity index (χ0v) is 15.4. The molecule has 10 heteroatoms. The Morgan fingerprint density at radius 2 is 1.92 bits per heavy atom. The van der Waals surface area contributed by atoms with Crippen molar-refractivity contribution < 1.29 is 22.8 Å². The number of hydrogen-bond acceptors (Lipinski definition) is 5. The van der Waals surface area contributed by atoms with Crippen molar-refractivity contribution in [2.75, 3.05) is 18.4 Å². The van der Waals surface area contributed by atoms with E-state index in [0.717, 1.165) is 0 Å². The molecule has 0 radical (unpaired) electrons. The molecule has 1 fully saturated rings. The van der Waals surface area contributed by atoms with Crippen LogP contribution in [0.4, 0.5) is 10.5 Å². The first-order valence-electron chi connectivity index (χ1n) is 8.29. The molecule has 2 rings (SSSR count). The minimum atomic E-state index is -3.62. The van der Waals surface area contributed by atoms with E-state index in [2.05, 4.69) is 16.0 Å². The van der Waals surface area contributed by atoms with Gasteiger partial charge in [0.2, 0.25) is 15.9 Å². The van der Waals surface area contributed by atoms with Crippen molar-refractivity contribution in [3.8, 4) is 0 Å². The molecule has 4 amide bonds. The lowest BCUT2D eigenvalue weighted by molar-refractivity contribution is -0.120. The monoisotopic (exact) mass is 382 g/mol. The number of amides is 4. The van der Waals surface area contributed by atoms with Gasteiger partial charge in [-0.25, -0.2) is 13.2 Å². The van der Waals surface area contributed by atoms with Crippen LogP contribution in [0.15, 0.2) is 29.2 Å². The SMILES string of the molecule is CCN(CC)S(=O)(=O)c1cccc(NC(=O)CCC2NC(=O)NC2=O)c1. The van der Waals surface area contributed by atoms with Gasteiger partial charge >= 0.3 is 6.03 Å². The molecule has 1 aliphatic heterocycles. The maximum absolute atomic E-state index is 12.5. The summed E-state index contributed by atoms with van der Waals surface area (Å²) in [6, 6.07) is 4.70. The highest BCUT2D eigenvalue weighted by Crippen LogP contribution is 2.20. The lowest BCUT2D eigenvalue weighted by Crippen LogP contribution is -2.31. The lowest BCUT2D eigenvalue weighted by Gasteiger charge is -2.18. The standard InChI is InChI=1S/C16H22N4O5S/c1-3-20(4-2)26(24,25)12-7-5-6-11(10-12)17-14(21)9-8-13-15(22)19-16(23)18-13/h5-7,10,13H,3-4,8-9H2,1-2H3,(H,17,21)(H2,18,19,22,23). The molecular formula is C16H22N4O5S. The molecule has 0 aliphatic carbocycles. The Morgan fingerprint density at radius 3 is 2.50 bits per heavy atom. The third-order valence-electron chi connectivity index (χ3n) is 3.98. The van der Waals surface area contributed by atoms with E-state index in [9.17, 15) is 22.8 Å². The summed E-state index contributed by atoms with van der Waals surface area (Å²) in [5, 5.41) is 7.12. The highest BCUT2D eigenvalue weighted by atomic mass is 32.2. The van der Waals surface area contributed by atoms with Crippen molar-refractivity contribution in [1.29, 1.82) is 0 Å². The molecule has 1 aliphatic rings. The minimum Gasteiger partial charge on any atom is -0.326 e. The summed E-state index contributed by atoms with van der Waals surface area (Å²) in [7, 11) is -3.62. The normalized spacial score (nSPS) is 17.1. The number of carbonyl (C=O) groups excluding carboxylic acids is 3. The summed E-state index contributed by atoms with van der Waals surface area (Å²) < 4.78 is 26.4. The predicted molar refractivity (Wildman–Crippen MR) is 94.9 cm³/mol. The van der Waals surface area contributed by atoms with Crippen molar-refractivity contribution in [3.63, 3.8) is 0 Å². The number of carbonyl (C=O) groups is 3. The second kappa shape index (κ2) is 8.28. The summed E-state index contributed by atoms with van der Waals surface area (Å²) in [6.45, 7) is 4.21. The maximum atomic E-state index is 12.5. The Bertz CT molecular complexity index is 805. The molecule has 1 heterocycles. The largest absolute Gasteiger partial charge is 0.326 e. The molecule has 1 aromatic carbocycles. The fourth-order valence-corrected chi connectivity index (χ4v) is 4.11. The smallest absolute Gasteiger partial charge is 0.322 e. The summed E-state index contributed by atoms with van der Waals surface area (Å²) in [6.07, 6.45) is 0.159. The third kappa shape index (κ3) is 4.58. The number of rotatable bonds is 8. The van der Waals surface area contributed by atoms with Gasteiger partial charge in [0.1, 0.15) is 6.04 Å². The fourth-order valence-electron chi connectivity index (χ4n) is 2.61. The van der Waals surface area contributed by atoms with E-state index in [0.29, 0.717) is 18.8 Å². The van der Waals surface area contributed by atoms with Crippen LogP contribution >= 0.6 is 0 Å². The van der Waals surface area contributed by atoms with E-state index in [-0.39, 0.29) is 23.6 Å². The number of hydrogen-bond donors (Lipinski definition) is 3. The van der Waals surface area contributed by atoms with Gasteiger partial charge in [0.05, 0.1) is 4.90 Å². The van der Waals surface area contributed by atoms with Crippen molar-refractivity contribution >= 4 is 33.6 Å². The Kier molecular flexibility index (Phi) is 6.32. The van der Waals surface area contributed by atoms with Gasteiger partial charge in [-0.3, -0.25) is 14.9 Å². The average Bonchev–Trinajstić information content (AvgIpc) is 2.91. The van der Waals surface area contributed by atoms with Crippen LogP contribution in [0.5, 0.6) is 0 Å². The Hall–Kier alpha value is -2.46. The highest BCUT2D eigenvalue weighted by Gasteiger charge is 2.29. The average molecular weight is 382 g/mol. The number of nitrogens with one attached hydrogen (secondary N) is 3.